The summed E-state index contributed by atoms with van der Waals surface area (Å²) in [5.74, 6) is 0.848. The van der Waals surface area contributed by atoms with Crippen LogP contribution in [-0.2, 0) is 0 Å². The van der Waals surface area contributed by atoms with Gasteiger partial charge in [-0.1, -0.05) is 0 Å². The van der Waals surface area contributed by atoms with Gasteiger partial charge in [-0.2, -0.15) is 0 Å². The first-order chi connectivity index (χ1) is 5.86. The fraction of sp³-hybridized carbons (Fsp3) is 0.333. The lowest BCUT2D eigenvalue weighted by Crippen LogP contribution is -1.97. The van der Waals surface area contributed by atoms with Gasteiger partial charge in [0, 0.05) is 12.5 Å². The molecule has 0 aliphatic carbocycles. The minimum absolute atomic E-state index is 0.292. The quantitative estimate of drug-likeness (QED) is 0.589. The Morgan fingerprint density at radius 3 is 2.67 bits per heavy atom. The third-order valence-corrected chi connectivity index (χ3v) is 1.71. The third kappa shape index (κ3) is 1.35. The topological polar surface area (TPSA) is 18.5 Å². The van der Waals surface area contributed by atoms with Crippen LogP contribution in [0.4, 0.5) is 4.39 Å². The van der Waals surface area contributed by atoms with E-state index in [-0.39, 0.29) is 5.82 Å². The van der Waals surface area contributed by atoms with Gasteiger partial charge < -0.3 is 9.47 Å². The van der Waals surface area contributed by atoms with Crippen LogP contribution >= 0.6 is 0 Å². The lowest BCUT2D eigenvalue weighted by atomic mass is 10.3. The van der Waals surface area contributed by atoms with Gasteiger partial charge in [0.05, 0.1) is 13.2 Å². The molecule has 1 aliphatic rings. The van der Waals surface area contributed by atoms with Crippen molar-refractivity contribution in [2.45, 2.75) is 6.42 Å². The Kier molecular flexibility index (Phi) is 1.86. The Balaban J connectivity index is 2.36. The molecule has 0 saturated heterocycles. The van der Waals surface area contributed by atoms with E-state index in [1.807, 2.05) is 0 Å². The van der Waals surface area contributed by atoms with Crippen molar-refractivity contribution in [3.8, 4) is 11.5 Å². The van der Waals surface area contributed by atoms with Crippen LogP contribution in [0, 0.1) is 5.82 Å². The van der Waals surface area contributed by atoms with Crippen LogP contribution in [0.1, 0.15) is 6.42 Å². The smallest absolute Gasteiger partial charge is 0.164 e. The molecule has 3 heteroatoms. The van der Waals surface area contributed by atoms with Gasteiger partial charge in [0.1, 0.15) is 5.82 Å². The van der Waals surface area contributed by atoms with Crippen molar-refractivity contribution in [2.75, 3.05) is 13.2 Å². The highest BCUT2D eigenvalue weighted by Crippen LogP contribution is 2.29. The first-order valence-corrected chi connectivity index (χ1v) is 3.91. The first-order valence-electron chi connectivity index (χ1n) is 3.91. The van der Waals surface area contributed by atoms with Crippen molar-refractivity contribution < 1.29 is 13.9 Å². The highest BCUT2D eigenvalue weighted by Gasteiger charge is 2.09. The van der Waals surface area contributed by atoms with E-state index in [1.54, 1.807) is 6.07 Å². The monoisotopic (exact) mass is 168 g/mol. The fourth-order valence-electron chi connectivity index (χ4n) is 1.14. The SMILES string of the molecule is Fc1ccc2c(c1)OCCCO2. The fourth-order valence-corrected chi connectivity index (χ4v) is 1.14. The summed E-state index contributed by atoms with van der Waals surface area (Å²) in [6.07, 6.45) is 0.844. The predicted octanol–water partition coefficient (Wildman–Crippen LogP) is 1.99. The Hall–Kier alpha value is -1.25. The zero-order chi connectivity index (χ0) is 8.39. The Morgan fingerprint density at radius 2 is 1.83 bits per heavy atom. The highest BCUT2D eigenvalue weighted by atomic mass is 19.1. The number of halogens is 1. The van der Waals surface area contributed by atoms with Gasteiger partial charge in [0.25, 0.3) is 0 Å². The van der Waals surface area contributed by atoms with Gasteiger partial charge in [-0.25, -0.2) is 4.39 Å². The molecular formula is C9H9FO2. The molecule has 12 heavy (non-hydrogen) atoms. The number of rotatable bonds is 0. The van der Waals surface area contributed by atoms with Gasteiger partial charge in [0.2, 0.25) is 0 Å². The lowest BCUT2D eigenvalue weighted by molar-refractivity contribution is 0.296. The number of ether oxygens (including phenoxy) is 2. The van der Waals surface area contributed by atoms with Crippen LogP contribution in [0.3, 0.4) is 0 Å². The number of fused-ring (bicyclic) bond motifs is 1. The molecule has 2 nitrogen and oxygen atoms in total. The Labute approximate surface area is 69.9 Å². The van der Waals surface area contributed by atoms with E-state index in [9.17, 15) is 4.39 Å². The van der Waals surface area contributed by atoms with Gasteiger partial charge in [-0.15, -0.1) is 0 Å². The molecule has 1 aromatic rings. The van der Waals surface area contributed by atoms with Crippen LogP contribution in [0.25, 0.3) is 0 Å². The average molecular weight is 168 g/mol. The van der Waals surface area contributed by atoms with Crippen molar-refractivity contribution in [1.82, 2.24) is 0 Å². The van der Waals surface area contributed by atoms with Crippen LogP contribution in [-0.4, -0.2) is 13.2 Å². The first kappa shape index (κ1) is 7.40. The maximum absolute atomic E-state index is 12.7. The minimum atomic E-state index is -0.292. The lowest BCUT2D eigenvalue weighted by Gasteiger charge is -2.05. The van der Waals surface area contributed by atoms with Gasteiger partial charge in [0.15, 0.2) is 11.5 Å². The molecule has 0 amide bonds. The molecule has 0 unspecified atom stereocenters. The van der Waals surface area contributed by atoms with Gasteiger partial charge in [-0.05, 0) is 12.1 Å². The molecule has 0 bridgehead atoms. The molecule has 1 heterocycles. The molecule has 0 fully saturated rings. The van der Waals surface area contributed by atoms with Gasteiger partial charge in [-0.3, -0.25) is 0 Å². The molecule has 0 atom stereocenters. The Morgan fingerprint density at radius 1 is 1.08 bits per heavy atom. The minimum Gasteiger partial charge on any atom is -0.490 e. The van der Waals surface area contributed by atoms with Crippen molar-refractivity contribution in [3.63, 3.8) is 0 Å². The van der Waals surface area contributed by atoms with Crippen LogP contribution in [0.5, 0.6) is 11.5 Å². The molecule has 0 aromatic heterocycles. The standard InChI is InChI=1S/C9H9FO2/c10-7-2-3-8-9(6-7)12-5-1-4-11-8/h2-3,6H,1,4-5H2. The average Bonchev–Trinajstić information content (AvgIpc) is 2.28. The summed E-state index contributed by atoms with van der Waals surface area (Å²) in [4.78, 5) is 0. The largest absolute Gasteiger partial charge is 0.490 e. The maximum Gasteiger partial charge on any atom is 0.164 e. The molecule has 2 rings (SSSR count). The summed E-state index contributed by atoms with van der Waals surface area (Å²) in [7, 11) is 0. The summed E-state index contributed by atoms with van der Waals surface area (Å²) >= 11 is 0. The van der Waals surface area contributed by atoms with Crippen molar-refractivity contribution in [2.24, 2.45) is 0 Å². The molecule has 0 saturated carbocycles. The molecule has 0 spiro atoms. The van der Waals surface area contributed by atoms with E-state index in [2.05, 4.69) is 0 Å². The van der Waals surface area contributed by atoms with Crippen LogP contribution in [0.2, 0.25) is 0 Å². The summed E-state index contributed by atoms with van der Waals surface area (Å²) < 4.78 is 23.3. The zero-order valence-corrected chi connectivity index (χ0v) is 6.55. The van der Waals surface area contributed by atoms with Crippen molar-refractivity contribution in [3.05, 3.63) is 24.0 Å². The molecular weight excluding hydrogens is 159 g/mol. The van der Waals surface area contributed by atoms with E-state index in [0.717, 1.165) is 6.42 Å². The number of hydrogen-bond donors (Lipinski definition) is 0. The van der Waals surface area contributed by atoms with Crippen molar-refractivity contribution >= 4 is 0 Å². The van der Waals surface area contributed by atoms with Crippen LogP contribution in [0.15, 0.2) is 18.2 Å². The molecule has 64 valence electrons. The molecule has 0 N–H and O–H groups in total. The number of hydrogen-bond acceptors (Lipinski definition) is 2. The molecule has 1 aliphatic heterocycles. The van der Waals surface area contributed by atoms with E-state index >= 15 is 0 Å². The van der Waals surface area contributed by atoms with E-state index in [4.69, 9.17) is 9.47 Å². The normalized spacial score (nSPS) is 15.4. The zero-order valence-electron chi connectivity index (χ0n) is 6.55. The second kappa shape index (κ2) is 3.01. The molecule has 1 aromatic carbocycles. The predicted molar refractivity (Wildman–Crippen MR) is 42.0 cm³/mol. The summed E-state index contributed by atoms with van der Waals surface area (Å²) in [5, 5.41) is 0. The molecule has 0 radical (unpaired) electrons. The van der Waals surface area contributed by atoms with Crippen molar-refractivity contribution in [1.29, 1.82) is 0 Å². The third-order valence-electron chi connectivity index (χ3n) is 1.71. The summed E-state index contributed by atoms with van der Waals surface area (Å²) in [6.45, 7) is 1.23. The second-order valence-electron chi connectivity index (χ2n) is 2.64. The Bertz CT molecular complexity index is 286. The number of benzene rings is 1. The summed E-state index contributed by atoms with van der Waals surface area (Å²) in [6, 6.07) is 4.31. The van der Waals surface area contributed by atoms with E-state index in [1.165, 1.54) is 12.1 Å². The van der Waals surface area contributed by atoms with E-state index in [0.29, 0.717) is 24.7 Å². The summed E-state index contributed by atoms with van der Waals surface area (Å²) in [5.41, 5.74) is 0. The van der Waals surface area contributed by atoms with Gasteiger partial charge >= 0.3 is 0 Å². The highest BCUT2D eigenvalue weighted by molar-refractivity contribution is 5.40. The van der Waals surface area contributed by atoms with Crippen LogP contribution < -0.4 is 9.47 Å². The second-order valence-corrected chi connectivity index (χ2v) is 2.64. The maximum atomic E-state index is 12.7. The van der Waals surface area contributed by atoms with E-state index < -0.39 is 0 Å².